The van der Waals surface area contributed by atoms with Gasteiger partial charge in [0.2, 0.25) is 0 Å². The molecule has 2 aliphatic rings. The second-order valence-corrected chi connectivity index (χ2v) is 17.4. The first kappa shape index (κ1) is 47.3. The van der Waals surface area contributed by atoms with Gasteiger partial charge in [-0.3, -0.25) is 39.4 Å². The molecule has 20 heteroatoms. The van der Waals surface area contributed by atoms with Gasteiger partial charge in [-0.05, 0) is 36.4 Å². The molecular formula is C53H44N8O12. The minimum absolute atomic E-state index is 0.240. The number of hydrogen-bond acceptors (Lipinski definition) is 12. The number of anilines is 2. The molecule has 4 aromatic carbocycles. The molecule has 2 aliphatic heterocycles. The number of amides is 6. The quantitative estimate of drug-likeness (QED) is 0.0455. The van der Waals surface area contributed by atoms with Gasteiger partial charge in [0.25, 0.3) is 35.4 Å². The van der Waals surface area contributed by atoms with Gasteiger partial charge in [-0.1, -0.05) is 48.5 Å². The van der Waals surface area contributed by atoms with Crippen LogP contribution in [0.25, 0.3) is 65.9 Å². The Morgan fingerprint density at radius 2 is 0.767 bits per heavy atom. The number of imide groups is 2. The fourth-order valence-electron chi connectivity index (χ4n) is 9.42. The number of carbonyl (C=O) groups is 8. The third-order valence-electron chi connectivity index (χ3n) is 12.6. The number of ether oxygens (including phenoxy) is 4. The van der Waals surface area contributed by atoms with Crippen molar-refractivity contribution in [1.82, 2.24) is 28.9 Å². The Kier molecular flexibility index (Phi) is 12.4. The smallest absolute Gasteiger partial charge is 0.332 e. The first-order valence-electron chi connectivity index (χ1n) is 22.7. The summed E-state index contributed by atoms with van der Waals surface area (Å²) in [6.07, 6.45) is 7.16. The van der Waals surface area contributed by atoms with Gasteiger partial charge >= 0.3 is 11.9 Å². The normalized spacial score (nSPS) is 13.8. The van der Waals surface area contributed by atoms with Crippen LogP contribution in [-0.2, 0) is 85.5 Å². The summed E-state index contributed by atoms with van der Waals surface area (Å²) in [5.74, 6) is -5.06. The number of fused-ring (bicyclic) bond motifs is 4. The van der Waals surface area contributed by atoms with E-state index in [1.807, 2.05) is 84.2 Å². The zero-order valence-electron chi connectivity index (χ0n) is 39.6. The van der Waals surface area contributed by atoms with Crippen LogP contribution in [0.2, 0.25) is 0 Å². The fourth-order valence-corrected chi connectivity index (χ4v) is 9.42. The van der Waals surface area contributed by atoms with Gasteiger partial charge in [-0.2, -0.15) is 0 Å². The largest absolute Gasteiger partial charge is 0.454 e. The third kappa shape index (κ3) is 8.91. The summed E-state index contributed by atoms with van der Waals surface area (Å²) in [4.78, 5) is 103. The minimum atomic E-state index is -0.883. The summed E-state index contributed by atoms with van der Waals surface area (Å²) in [5.41, 5.74) is 7.25. The van der Waals surface area contributed by atoms with Crippen molar-refractivity contribution in [3.63, 3.8) is 0 Å². The van der Waals surface area contributed by atoms with E-state index in [1.165, 1.54) is 0 Å². The highest BCUT2D eigenvalue weighted by molar-refractivity contribution is 6.52. The molecule has 0 fully saturated rings. The molecule has 6 amide bonds. The van der Waals surface area contributed by atoms with Gasteiger partial charge in [0, 0.05) is 119 Å². The average molecular weight is 985 g/mol. The van der Waals surface area contributed by atoms with Crippen molar-refractivity contribution in [1.29, 1.82) is 0 Å². The van der Waals surface area contributed by atoms with Crippen LogP contribution in [-0.4, -0.2) is 98.9 Å². The lowest BCUT2D eigenvalue weighted by molar-refractivity contribution is -0.162. The maximum atomic E-state index is 13.3. The lowest BCUT2D eigenvalue weighted by Gasteiger charge is -2.09. The van der Waals surface area contributed by atoms with E-state index in [2.05, 4.69) is 21.3 Å². The van der Waals surface area contributed by atoms with E-state index in [1.54, 1.807) is 72.0 Å². The Bertz CT molecular complexity index is 3550. The lowest BCUT2D eigenvalue weighted by Crippen LogP contribution is -2.24. The SMILES string of the molecule is Cn1cc(C2=C(c3cn(C)c4cc(NC(=O)COC(=O)COCOCC(=O)OCC(=O)Nc5ccc6c(C7=C(c8cn(C)c9ccccc89)C(=O)NC7=O)cn(C)c6c5)ccc34)C(=O)NC2=O)c2ccccc21. The highest BCUT2D eigenvalue weighted by Gasteiger charge is 2.37. The molecule has 4 aromatic heterocycles. The molecule has 0 unspecified atom stereocenters. The van der Waals surface area contributed by atoms with E-state index in [4.69, 9.17) is 18.9 Å². The maximum Gasteiger partial charge on any atom is 0.332 e. The molecule has 73 heavy (non-hydrogen) atoms. The van der Waals surface area contributed by atoms with Crippen LogP contribution in [0.5, 0.6) is 0 Å². The van der Waals surface area contributed by atoms with Crippen molar-refractivity contribution in [2.24, 2.45) is 28.2 Å². The number of hydrogen-bond donors (Lipinski definition) is 4. The lowest BCUT2D eigenvalue weighted by atomic mass is 9.95. The predicted molar refractivity (Wildman–Crippen MR) is 268 cm³/mol. The second kappa shape index (κ2) is 19.1. The highest BCUT2D eigenvalue weighted by Crippen LogP contribution is 2.41. The Morgan fingerprint density at radius 1 is 0.438 bits per heavy atom. The Labute approximate surface area is 413 Å². The number of carbonyl (C=O) groups excluding carboxylic acids is 8. The van der Waals surface area contributed by atoms with Gasteiger partial charge in [0.1, 0.15) is 20.0 Å². The predicted octanol–water partition coefficient (Wildman–Crippen LogP) is 4.44. The molecule has 0 atom stereocenters. The number of aryl methyl sites for hydroxylation is 4. The second-order valence-electron chi connectivity index (χ2n) is 17.4. The summed E-state index contributed by atoms with van der Waals surface area (Å²) < 4.78 is 27.6. The van der Waals surface area contributed by atoms with Crippen LogP contribution >= 0.6 is 0 Å². The number of aromatic nitrogens is 4. The maximum absolute atomic E-state index is 13.3. The standard InChI is InChI=1S/C53H44N8O12/c1-58-19-34(30-9-5-7-11-38(30)58)46-48(52(68)56-50(46)66)36-21-60(3)40-17-28(13-15-32(36)40)54-42(62)23-72-44(64)25-70-27-71-26-45(65)73-24-43(63)55-29-14-16-33-37(22-61(4)41(33)18-29)49-47(51(67)57-53(49)69)35-20-59(2)39-12-8-6-10-31(35)39/h5-22H,23-27H2,1-4H3,(H,54,62)(H,55,63)(H,56,66,68)(H,57,67,69). The van der Waals surface area contributed by atoms with Crippen LogP contribution in [0.4, 0.5) is 11.4 Å². The number of nitrogens with zero attached hydrogens (tertiary/aromatic N) is 4. The fraction of sp³-hybridized carbons (Fsp3) is 0.170. The van der Waals surface area contributed by atoms with Gasteiger partial charge in [0.05, 0.1) is 33.3 Å². The Balaban J connectivity index is 0.669. The molecule has 0 aliphatic carbocycles. The summed E-state index contributed by atoms with van der Waals surface area (Å²) >= 11 is 0. The van der Waals surface area contributed by atoms with Crippen LogP contribution < -0.4 is 21.3 Å². The number of rotatable bonds is 16. The van der Waals surface area contributed by atoms with Crippen LogP contribution in [0.15, 0.2) is 110 Å². The minimum Gasteiger partial charge on any atom is -0.454 e. The van der Waals surface area contributed by atoms with E-state index in [-0.39, 0.29) is 22.3 Å². The number of esters is 2. The van der Waals surface area contributed by atoms with Gasteiger partial charge < -0.3 is 47.8 Å². The van der Waals surface area contributed by atoms with Gasteiger partial charge in [-0.15, -0.1) is 0 Å². The number of nitrogens with one attached hydrogen (secondary N) is 4. The van der Waals surface area contributed by atoms with Crippen molar-refractivity contribution in [2.45, 2.75) is 0 Å². The van der Waals surface area contributed by atoms with Crippen molar-refractivity contribution >= 4 is 125 Å². The molecule has 4 N–H and O–H groups in total. The summed E-state index contributed by atoms with van der Waals surface area (Å²) in [6.45, 7) is -2.98. The average Bonchev–Trinajstić information content (AvgIpc) is 4.19. The summed E-state index contributed by atoms with van der Waals surface area (Å²) in [5, 5.41) is 13.2. The number of para-hydroxylation sites is 2. The molecule has 0 spiro atoms. The monoisotopic (exact) mass is 984 g/mol. The molecule has 0 saturated heterocycles. The molecule has 8 aromatic rings. The highest BCUT2D eigenvalue weighted by atomic mass is 16.7. The Morgan fingerprint density at radius 3 is 1.14 bits per heavy atom. The first-order chi connectivity index (χ1) is 35.1. The number of benzene rings is 4. The van der Waals surface area contributed by atoms with Crippen molar-refractivity contribution in [2.75, 3.05) is 43.9 Å². The van der Waals surface area contributed by atoms with E-state index in [0.717, 1.165) is 21.8 Å². The summed E-state index contributed by atoms with van der Waals surface area (Å²) in [6, 6.07) is 25.3. The molecular weight excluding hydrogens is 941 g/mol. The third-order valence-corrected chi connectivity index (χ3v) is 12.6. The van der Waals surface area contributed by atoms with Crippen molar-refractivity contribution in [3.05, 3.63) is 132 Å². The van der Waals surface area contributed by atoms with E-state index in [0.29, 0.717) is 55.4 Å². The first-order valence-corrected chi connectivity index (χ1v) is 22.7. The topological polar surface area (TPSA) is 241 Å². The molecule has 0 saturated carbocycles. The summed E-state index contributed by atoms with van der Waals surface area (Å²) in [7, 11) is 7.29. The van der Waals surface area contributed by atoms with Gasteiger partial charge in [0.15, 0.2) is 13.2 Å². The van der Waals surface area contributed by atoms with E-state index < -0.39 is 80.6 Å². The molecule has 6 heterocycles. The van der Waals surface area contributed by atoms with E-state index >= 15 is 0 Å². The van der Waals surface area contributed by atoms with Crippen LogP contribution in [0, 0.1) is 0 Å². The van der Waals surface area contributed by atoms with Crippen LogP contribution in [0.1, 0.15) is 22.3 Å². The Hall–Kier alpha value is -9.40. The van der Waals surface area contributed by atoms with Crippen LogP contribution in [0.3, 0.4) is 0 Å². The van der Waals surface area contributed by atoms with Gasteiger partial charge in [-0.25, -0.2) is 9.59 Å². The molecule has 0 bridgehead atoms. The van der Waals surface area contributed by atoms with E-state index in [9.17, 15) is 38.4 Å². The van der Waals surface area contributed by atoms with Crippen molar-refractivity contribution in [3.8, 4) is 0 Å². The molecule has 368 valence electrons. The molecule has 20 nitrogen and oxygen atoms in total. The van der Waals surface area contributed by atoms with Crippen molar-refractivity contribution < 1.29 is 57.3 Å². The molecule has 10 rings (SSSR count). The zero-order valence-corrected chi connectivity index (χ0v) is 39.6. The zero-order chi connectivity index (χ0) is 51.2. The molecule has 0 radical (unpaired) electrons.